The maximum atomic E-state index is 6.44. The number of aromatic nitrogens is 1. The summed E-state index contributed by atoms with van der Waals surface area (Å²) < 4.78 is 0. The van der Waals surface area contributed by atoms with Crippen LogP contribution in [-0.4, -0.2) is 18.1 Å². The summed E-state index contributed by atoms with van der Waals surface area (Å²) in [4.78, 5) is 4.15. The van der Waals surface area contributed by atoms with E-state index in [0.717, 1.165) is 31.5 Å². The normalized spacial score (nSPS) is 22.3. The number of hydrogen-bond acceptors (Lipinski definition) is 3. The minimum Gasteiger partial charge on any atom is -0.321 e. The van der Waals surface area contributed by atoms with Gasteiger partial charge >= 0.3 is 0 Å². The minimum atomic E-state index is -0.240. The maximum absolute atomic E-state index is 6.44. The lowest BCUT2D eigenvalue weighted by Crippen LogP contribution is -2.46. The van der Waals surface area contributed by atoms with Crippen LogP contribution in [0.5, 0.6) is 0 Å². The fraction of sp³-hybridized carbons (Fsp3) is 0.583. The van der Waals surface area contributed by atoms with Crippen LogP contribution in [0.2, 0.25) is 0 Å². The van der Waals surface area contributed by atoms with Crippen LogP contribution in [-0.2, 0) is 5.54 Å². The Morgan fingerprint density at radius 1 is 1.47 bits per heavy atom. The lowest BCUT2D eigenvalue weighted by atomic mass is 9.76. The van der Waals surface area contributed by atoms with Gasteiger partial charge in [-0.3, -0.25) is 4.98 Å². The van der Waals surface area contributed by atoms with E-state index in [9.17, 15) is 0 Å². The van der Waals surface area contributed by atoms with E-state index in [1.807, 2.05) is 12.3 Å². The van der Waals surface area contributed by atoms with E-state index >= 15 is 0 Å². The van der Waals surface area contributed by atoms with Crippen LogP contribution in [0.4, 0.5) is 0 Å². The molecule has 82 valence electrons. The average molecular weight is 205 g/mol. The summed E-state index contributed by atoms with van der Waals surface area (Å²) in [7, 11) is 0. The first-order chi connectivity index (χ1) is 7.21. The van der Waals surface area contributed by atoms with E-state index in [1.165, 1.54) is 0 Å². The summed E-state index contributed by atoms with van der Waals surface area (Å²) in [5.41, 5.74) is 7.36. The molecule has 3 N–H and O–H groups in total. The van der Waals surface area contributed by atoms with Gasteiger partial charge in [-0.05, 0) is 50.4 Å². The smallest absolute Gasteiger partial charge is 0.0425 e. The predicted molar refractivity (Wildman–Crippen MR) is 61.4 cm³/mol. The Hall–Kier alpha value is -0.930. The molecule has 0 saturated carbocycles. The predicted octanol–water partition coefficient (Wildman–Crippen LogP) is 1.26. The second-order valence-electron chi connectivity index (χ2n) is 4.55. The summed E-state index contributed by atoms with van der Waals surface area (Å²) in [6, 6.07) is 4.04. The second kappa shape index (κ2) is 4.29. The van der Waals surface area contributed by atoms with Crippen LogP contribution in [0.15, 0.2) is 24.5 Å². The molecule has 0 bridgehead atoms. The third kappa shape index (κ3) is 2.19. The van der Waals surface area contributed by atoms with Gasteiger partial charge in [0.2, 0.25) is 0 Å². The van der Waals surface area contributed by atoms with Gasteiger partial charge in [-0.15, -0.1) is 0 Å². The number of piperidine rings is 1. The van der Waals surface area contributed by atoms with Crippen molar-refractivity contribution in [3.05, 3.63) is 30.1 Å². The van der Waals surface area contributed by atoms with Crippen LogP contribution in [0.1, 0.15) is 25.3 Å². The SMILES string of the molecule is CC(N)(c1cccnc1)C1CCNCC1. The van der Waals surface area contributed by atoms with E-state index < -0.39 is 0 Å². The highest BCUT2D eigenvalue weighted by atomic mass is 14.9. The molecule has 1 aliphatic heterocycles. The van der Waals surface area contributed by atoms with Crippen molar-refractivity contribution in [3.8, 4) is 0 Å². The summed E-state index contributed by atoms with van der Waals surface area (Å²) in [6.45, 7) is 4.29. The van der Waals surface area contributed by atoms with Crippen molar-refractivity contribution in [3.63, 3.8) is 0 Å². The molecule has 0 spiro atoms. The van der Waals surface area contributed by atoms with Crippen molar-refractivity contribution in [2.75, 3.05) is 13.1 Å². The van der Waals surface area contributed by atoms with Crippen molar-refractivity contribution in [2.24, 2.45) is 11.7 Å². The molecule has 1 unspecified atom stereocenters. The fourth-order valence-electron chi connectivity index (χ4n) is 2.34. The van der Waals surface area contributed by atoms with Crippen LogP contribution in [0, 0.1) is 5.92 Å². The Bertz CT molecular complexity index is 302. The molecule has 1 atom stereocenters. The van der Waals surface area contributed by atoms with E-state index in [-0.39, 0.29) is 5.54 Å². The zero-order valence-corrected chi connectivity index (χ0v) is 9.24. The Morgan fingerprint density at radius 2 is 2.20 bits per heavy atom. The van der Waals surface area contributed by atoms with Crippen LogP contribution in [0.3, 0.4) is 0 Å². The highest BCUT2D eigenvalue weighted by molar-refractivity contribution is 5.20. The third-order valence-electron chi connectivity index (χ3n) is 3.47. The van der Waals surface area contributed by atoms with E-state index in [0.29, 0.717) is 5.92 Å². The molecule has 1 aromatic heterocycles. The molecule has 0 amide bonds. The molecule has 2 heterocycles. The highest BCUT2D eigenvalue weighted by Crippen LogP contribution is 2.31. The van der Waals surface area contributed by atoms with Gasteiger partial charge in [-0.1, -0.05) is 6.07 Å². The fourth-order valence-corrected chi connectivity index (χ4v) is 2.34. The molecule has 15 heavy (non-hydrogen) atoms. The van der Waals surface area contributed by atoms with Crippen molar-refractivity contribution in [1.82, 2.24) is 10.3 Å². The van der Waals surface area contributed by atoms with Gasteiger partial charge in [-0.2, -0.15) is 0 Å². The first-order valence-corrected chi connectivity index (χ1v) is 5.61. The van der Waals surface area contributed by atoms with Gasteiger partial charge in [0.15, 0.2) is 0 Å². The number of nitrogens with one attached hydrogen (secondary N) is 1. The van der Waals surface area contributed by atoms with Crippen molar-refractivity contribution >= 4 is 0 Å². The third-order valence-corrected chi connectivity index (χ3v) is 3.47. The van der Waals surface area contributed by atoms with Gasteiger partial charge in [0, 0.05) is 17.9 Å². The molecule has 0 radical (unpaired) electrons. The number of rotatable bonds is 2. The molecular formula is C12H19N3. The van der Waals surface area contributed by atoms with E-state index in [1.54, 1.807) is 6.20 Å². The average Bonchev–Trinajstić information content (AvgIpc) is 2.31. The number of pyridine rings is 1. The monoisotopic (exact) mass is 205 g/mol. The number of hydrogen-bond donors (Lipinski definition) is 2. The number of nitrogens with two attached hydrogens (primary N) is 1. The maximum Gasteiger partial charge on any atom is 0.0425 e. The molecule has 1 aromatic rings. The zero-order chi connectivity index (χ0) is 10.7. The van der Waals surface area contributed by atoms with Gasteiger partial charge in [0.25, 0.3) is 0 Å². The molecule has 3 heteroatoms. The first kappa shape index (κ1) is 10.6. The Labute approximate surface area is 91.1 Å². The zero-order valence-electron chi connectivity index (χ0n) is 9.24. The quantitative estimate of drug-likeness (QED) is 0.764. The molecule has 0 aromatic carbocycles. The second-order valence-corrected chi connectivity index (χ2v) is 4.55. The summed E-state index contributed by atoms with van der Waals surface area (Å²) in [6.07, 6.45) is 5.99. The number of nitrogens with zero attached hydrogens (tertiary/aromatic N) is 1. The lowest BCUT2D eigenvalue weighted by molar-refractivity contribution is 0.234. The van der Waals surface area contributed by atoms with Crippen molar-refractivity contribution in [2.45, 2.75) is 25.3 Å². The molecule has 1 fully saturated rings. The Morgan fingerprint density at radius 3 is 2.80 bits per heavy atom. The largest absolute Gasteiger partial charge is 0.321 e. The van der Waals surface area contributed by atoms with Crippen molar-refractivity contribution < 1.29 is 0 Å². The molecule has 0 aliphatic carbocycles. The van der Waals surface area contributed by atoms with Crippen LogP contribution < -0.4 is 11.1 Å². The highest BCUT2D eigenvalue weighted by Gasteiger charge is 2.32. The summed E-state index contributed by atoms with van der Waals surface area (Å²) in [5.74, 6) is 0.558. The van der Waals surface area contributed by atoms with Gasteiger partial charge in [0.1, 0.15) is 0 Å². The Kier molecular flexibility index (Phi) is 3.03. The minimum absolute atomic E-state index is 0.240. The first-order valence-electron chi connectivity index (χ1n) is 5.61. The van der Waals surface area contributed by atoms with Crippen LogP contribution in [0.25, 0.3) is 0 Å². The molecule has 3 nitrogen and oxygen atoms in total. The molecule has 2 rings (SSSR count). The van der Waals surface area contributed by atoms with E-state index in [2.05, 4.69) is 23.3 Å². The van der Waals surface area contributed by atoms with E-state index in [4.69, 9.17) is 5.73 Å². The molecule has 1 saturated heterocycles. The lowest BCUT2D eigenvalue weighted by Gasteiger charge is -2.37. The summed E-state index contributed by atoms with van der Waals surface area (Å²) in [5, 5.41) is 3.37. The standard InChI is InChI=1S/C12H19N3/c1-12(13,10-4-7-14-8-5-10)11-3-2-6-15-9-11/h2-3,6,9-10,14H,4-5,7-8,13H2,1H3. The molecule has 1 aliphatic rings. The van der Waals surface area contributed by atoms with Gasteiger partial charge < -0.3 is 11.1 Å². The summed E-state index contributed by atoms with van der Waals surface area (Å²) >= 11 is 0. The van der Waals surface area contributed by atoms with Gasteiger partial charge in [0.05, 0.1) is 0 Å². The Balaban J connectivity index is 2.18. The van der Waals surface area contributed by atoms with Crippen molar-refractivity contribution in [1.29, 1.82) is 0 Å². The molecular weight excluding hydrogens is 186 g/mol. The van der Waals surface area contributed by atoms with Crippen LogP contribution >= 0.6 is 0 Å². The van der Waals surface area contributed by atoms with Gasteiger partial charge in [-0.25, -0.2) is 0 Å². The topological polar surface area (TPSA) is 50.9 Å².